The standard InChI is InChI=1S/C7H13NOS/c1-7(9)5-2-8-3-6(7)10-4-5/h5-6,8-9H,2-4H2,1H3. The lowest BCUT2D eigenvalue weighted by molar-refractivity contribution is 0.00104. The molecule has 58 valence electrons. The fourth-order valence-corrected chi connectivity index (χ4v) is 3.44. The van der Waals surface area contributed by atoms with Gasteiger partial charge in [-0.15, -0.1) is 0 Å². The molecule has 0 aromatic rings. The smallest absolute Gasteiger partial charge is 0.0798 e. The maximum atomic E-state index is 9.91. The van der Waals surface area contributed by atoms with Crippen LogP contribution in [0.1, 0.15) is 6.92 Å². The van der Waals surface area contributed by atoms with Crippen molar-refractivity contribution in [2.24, 2.45) is 5.92 Å². The van der Waals surface area contributed by atoms with Crippen molar-refractivity contribution >= 4 is 11.8 Å². The van der Waals surface area contributed by atoms with E-state index in [1.807, 2.05) is 18.7 Å². The lowest BCUT2D eigenvalue weighted by Crippen LogP contribution is -2.53. The minimum atomic E-state index is -0.393. The highest BCUT2D eigenvalue weighted by Gasteiger charge is 2.47. The maximum absolute atomic E-state index is 9.91. The van der Waals surface area contributed by atoms with E-state index >= 15 is 0 Å². The van der Waals surface area contributed by atoms with E-state index in [1.54, 1.807) is 0 Å². The summed E-state index contributed by atoms with van der Waals surface area (Å²) in [4.78, 5) is 0. The van der Waals surface area contributed by atoms with Gasteiger partial charge in [-0.05, 0) is 6.92 Å². The molecule has 2 nitrogen and oxygen atoms in total. The van der Waals surface area contributed by atoms with Crippen LogP contribution in [0.15, 0.2) is 0 Å². The van der Waals surface area contributed by atoms with Crippen LogP contribution in [-0.2, 0) is 0 Å². The summed E-state index contributed by atoms with van der Waals surface area (Å²) in [6, 6.07) is 0. The van der Waals surface area contributed by atoms with Crippen molar-refractivity contribution < 1.29 is 5.11 Å². The molecule has 2 heterocycles. The molecule has 0 spiro atoms. The highest BCUT2D eigenvalue weighted by Crippen LogP contribution is 2.41. The Bertz CT molecular complexity index is 131. The first-order chi connectivity index (χ1) is 4.71. The van der Waals surface area contributed by atoms with Gasteiger partial charge in [-0.2, -0.15) is 11.8 Å². The molecular formula is C7H13NOS. The Morgan fingerprint density at radius 3 is 3.00 bits per heavy atom. The van der Waals surface area contributed by atoms with Gasteiger partial charge >= 0.3 is 0 Å². The van der Waals surface area contributed by atoms with Crippen LogP contribution in [0, 0.1) is 5.92 Å². The molecule has 0 saturated carbocycles. The third kappa shape index (κ3) is 0.807. The Hall–Kier alpha value is 0.270. The molecule has 2 aliphatic rings. The average molecular weight is 159 g/mol. The third-order valence-corrected chi connectivity index (χ3v) is 4.34. The minimum absolute atomic E-state index is 0.393. The molecule has 3 unspecified atom stereocenters. The Balaban J connectivity index is 2.21. The Morgan fingerprint density at radius 1 is 1.60 bits per heavy atom. The molecule has 3 atom stereocenters. The van der Waals surface area contributed by atoms with Crippen LogP contribution in [0.2, 0.25) is 0 Å². The Kier molecular flexibility index (Phi) is 1.48. The molecule has 10 heavy (non-hydrogen) atoms. The number of hydrogen-bond donors (Lipinski definition) is 2. The SMILES string of the molecule is CC1(O)C2CNCC1SC2. The molecule has 2 N–H and O–H groups in total. The van der Waals surface area contributed by atoms with E-state index in [0.717, 1.165) is 18.8 Å². The molecule has 0 aliphatic carbocycles. The number of aliphatic hydroxyl groups is 1. The highest BCUT2D eigenvalue weighted by molar-refractivity contribution is 8.00. The predicted octanol–water partition coefficient (Wildman–Crippen LogP) is 0.0722. The summed E-state index contributed by atoms with van der Waals surface area (Å²) >= 11 is 1.91. The monoisotopic (exact) mass is 159 g/mol. The third-order valence-electron chi connectivity index (χ3n) is 2.70. The van der Waals surface area contributed by atoms with Crippen molar-refractivity contribution in [2.45, 2.75) is 17.8 Å². The largest absolute Gasteiger partial charge is 0.389 e. The van der Waals surface area contributed by atoms with E-state index in [2.05, 4.69) is 5.32 Å². The van der Waals surface area contributed by atoms with Gasteiger partial charge in [0, 0.05) is 30.0 Å². The van der Waals surface area contributed by atoms with Gasteiger partial charge in [0.2, 0.25) is 0 Å². The van der Waals surface area contributed by atoms with Crippen LogP contribution in [0.5, 0.6) is 0 Å². The number of thioether (sulfide) groups is 1. The summed E-state index contributed by atoms with van der Waals surface area (Å²) in [7, 11) is 0. The fraction of sp³-hybridized carbons (Fsp3) is 1.00. The van der Waals surface area contributed by atoms with E-state index < -0.39 is 5.60 Å². The second kappa shape index (κ2) is 2.13. The summed E-state index contributed by atoms with van der Waals surface area (Å²) in [5.41, 5.74) is -0.393. The van der Waals surface area contributed by atoms with Gasteiger partial charge in [0.1, 0.15) is 0 Å². The van der Waals surface area contributed by atoms with Crippen molar-refractivity contribution in [2.75, 3.05) is 18.8 Å². The van der Waals surface area contributed by atoms with Gasteiger partial charge in [0.25, 0.3) is 0 Å². The molecule has 2 aliphatic heterocycles. The molecule has 2 rings (SSSR count). The Morgan fingerprint density at radius 2 is 2.40 bits per heavy atom. The van der Waals surface area contributed by atoms with E-state index in [0.29, 0.717) is 11.2 Å². The van der Waals surface area contributed by atoms with E-state index in [-0.39, 0.29) is 0 Å². The molecule has 0 radical (unpaired) electrons. The minimum Gasteiger partial charge on any atom is -0.389 e. The van der Waals surface area contributed by atoms with Gasteiger partial charge in [0.05, 0.1) is 5.60 Å². The summed E-state index contributed by atoms with van der Waals surface area (Å²) in [5, 5.41) is 13.7. The predicted molar refractivity (Wildman–Crippen MR) is 43.2 cm³/mol. The lowest BCUT2D eigenvalue weighted by Gasteiger charge is -2.35. The average Bonchev–Trinajstić information content (AvgIpc) is 2.17. The van der Waals surface area contributed by atoms with E-state index in [9.17, 15) is 5.11 Å². The number of rotatable bonds is 0. The first kappa shape index (κ1) is 6.95. The summed E-state index contributed by atoms with van der Waals surface area (Å²) in [6.07, 6.45) is 0. The fourth-order valence-electron chi connectivity index (χ4n) is 1.75. The van der Waals surface area contributed by atoms with Crippen LogP contribution in [0.3, 0.4) is 0 Å². The van der Waals surface area contributed by atoms with Crippen LogP contribution in [0.25, 0.3) is 0 Å². The zero-order valence-electron chi connectivity index (χ0n) is 6.13. The number of fused-ring (bicyclic) bond motifs is 2. The zero-order valence-corrected chi connectivity index (χ0v) is 6.95. The molecule has 2 fully saturated rings. The van der Waals surface area contributed by atoms with Crippen molar-refractivity contribution in [1.82, 2.24) is 5.32 Å². The summed E-state index contributed by atoms with van der Waals surface area (Å²) < 4.78 is 0. The highest BCUT2D eigenvalue weighted by atomic mass is 32.2. The molecule has 0 aromatic carbocycles. The van der Waals surface area contributed by atoms with Gasteiger partial charge in [-0.25, -0.2) is 0 Å². The van der Waals surface area contributed by atoms with E-state index in [1.165, 1.54) is 0 Å². The quantitative estimate of drug-likeness (QED) is 0.525. The first-order valence-corrected chi connectivity index (χ1v) is 4.81. The van der Waals surface area contributed by atoms with E-state index in [4.69, 9.17) is 0 Å². The molecule has 3 heteroatoms. The zero-order chi connectivity index (χ0) is 7.19. The Labute approximate surface area is 65.4 Å². The topological polar surface area (TPSA) is 32.3 Å². The summed E-state index contributed by atoms with van der Waals surface area (Å²) in [6.45, 7) is 3.95. The molecule has 0 aromatic heterocycles. The number of nitrogens with one attached hydrogen (secondary N) is 1. The van der Waals surface area contributed by atoms with Gasteiger partial charge in [0.15, 0.2) is 0 Å². The first-order valence-electron chi connectivity index (χ1n) is 3.76. The van der Waals surface area contributed by atoms with Gasteiger partial charge in [-0.1, -0.05) is 0 Å². The van der Waals surface area contributed by atoms with Crippen molar-refractivity contribution in [1.29, 1.82) is 0 Å². The van der Waals surface area contributed by atoms with Crippen molar-refractivity contribution in [3.63, 3.8) is 0 Å². The van der Waals surface area contributed by atoms with Crippen LogP contribution < -0.4 is 5.32 Å². The molecule has 2 saturated heterocycles. The van der Waals surface area contributed by atoms with Crippen molar-refractivity contribution in [3.05, 3.63) is 0 Å². The maximum Gasteiger partial charge on any atom is 0.0798 e. The normalized spacial score (nSPS) is 53.4. The molecule has 0 amide bonds. The van der Waals surface area contributed by atoms with Crippen LogP contribution >= 0.6 is 11.8 Å². The number of piperidine rings is 1. The van der Waals surface area contributed by atoms with Crippen LogP contribution in [-0.4, -0.2) is 34.8 Å². The lowest BCUT2D eigenvalue weighted by atomic mass is 9.85. The van der Waals surface area contributed by atoms with Crippen molar-refractivity contribution in [3.8, 4) is 0 Å². The number of hydrogen-bond acceptors (Lipinski definition) is 3. The molecule has 2 bridgehead atoms. The summed E-state index contributed by atoms with van der Waals surface area (Å²) in [5.74, 6) is 1.61. The molecular weight excluding hydrogens is 146 g/mol. The second-order valence-electron chi connectivity index (χ2n) is 3.40. The van der Waals surface area contributed by atoms with Gasteiger partial charge < -0.3 is 10.4 Å². The van der Waals surface area contributed by atoms with Gasteiger partial charge in [-0.3, -0.25) is 0 Å². The van der Waals surface area contributed by atoms with Crippen LogP contribution in [0.4, 0.5) is 0 Å². The second-order valence-corrected chi connectivity index (χ2v) is 4.64.